The second kappa shape index (κ2) is 8.84. The highest BCUT2D eigenvalue weighted by atomic mass is 35.5. The van der Waals surface area contributed by atoms with Crippen LogP contribution in [-0.2, 0) is 6.18 Å². The third-order valence-corrected chi connectivity index (χ3v) is 5.64. The van der Waals surface area contributed by atoms with Crippen molar-refractivity contribution in [3.05, 3.63) is 83.0 Å². The lowest BCUT2D eigenvalue weighted by Crippen LogP contribution is -2.20. The number of aliphatic hydroxyl groups is 1. The number of hydrogen-bond donors (Lipinski definition) is 2. The Labute approximate surface area is 205 Å². The van der Waals surface area contributed by atoms with Gasteiger partial charge in [0.05, 0.1) is 52.4 Å². The predicted molar refractivity (Wildman–Crippen MR) is 121 cm³/mol. The Balaban J connectivity index is 1.56. The third kappa shape index (κ3) is 4.12. The van der Waals surface area contributed by atoms with Gasteiger partial charge in [-0.05, 0) is 19.1 Å². The second-order valence-corrected chi connectivity index (χ2v) is 8.05. The van der Waals surface area contributed by atoms with Crippen LogP contribution in [-0.4, -0.2) is 39.8 Å². The van der Waals surface area contributed by atoms with Gasteiger partial charge in [-0.3, -0.25) is 4.98 Å². The Morgan fingerprint density at radius 1 is 1.06 bits per heavy atom. The minimum Gasteiger partial charge on any atom is -0.369 e. The fourth-order valence-electron chi connectivity index (χ4n) is 3.74. The van der Waals surface area contributed by atoms with Gasteiger partial charge >= 0.3 is 6.18 Å². The summed E-state index contributed by atoms with van der Waals surface area (Å²) in [5.41, 5.74) is -1.42. The summed E-state index contributed by atoms with van der Waals surface area (Å²) in [6.45, 7) is 1.57. The van der Waals surface area contributed by atoms with Gasteiger partial charge in [0.2, 0.25) is 0 Å². The molecule has 1 atom stereocenters. The minimum atomic E-state index is -4.93. The Kier molecular flexibility index (Phi) is 5.80. The van der Waals surface area contributed by atoms with Crippen LogP contribution in [0.5, 0.6) is 0 Å². The van der Waals surface area contributed by atoms with Gasteiger partial charge in [0.25, 0.3) is 0 Å². The van der Waals surface area contributed by atoms with E-state index in [9.17, 15) is 22.7 Å². The van der Waals surface area contributed by atoms with Crippen molar-refractivity contribution >= 4 is 28.1 Å². The van der Waals surface area contributed by atoms with Crippen molar-refractivity contribution in [1.82, 2.24) is 34.7 Å². The van der Waals surface area contributed by atoms with Crippen LogP contribution < -0.4 is 5.32 Å². The summed E-state index contributed by atoms with van der Waals surface area (Å²) in [6, 6.07) is 5.40. The molecule has 36 heavy (non-hydrogen) atoms. The molecule has 0 saturated carbocycles. The lowest BCUT2D eigenvalue weighted by molar-refractivity contribution is -0.144. The van der Waals surface area contributed by atoms with Gasteiger partial charge in [-0.1, -0.05) is 23.7 Å². The van der Waals surface area contributed by atoms with Gasteiger partial charge in [0, 0.05) is 17.0 Å². The molecular weight excluding hydrogens is 504 g/mol. The molecule has 5 rings (SSSR count). The van der Waals surface area contributed by atoms with Gasteiger partial charge in [-0.2, -0.15) is 28.5 Å². The number of nitrogens with one attached hydrogen (secondary N) is 1. The molecule has 4 heterocycles. The van der Waals surface area contributed by atoms with Crippen LogP contribution in [0.3, 0.4) is 0 Å². The zero-order valence-corrected chi connectivity index (χ0v) is 19.0. The number of aliphatic hydroxyl groups excluding tert-OH is 1. The molecule has 0 bridgehead atoms. The number of nitrogens with zero attached hydrogens (tertiary/aromatic N) is 7. The van der Waals surface area contributed by atoms with E-state index < -0.39 is 29.5 Å². The first-order chi connectivity index (χ1) is 17.1. The smallest absolute Gasteiger partial charge is 0.369 e. The first-order valence-electron chi connectivity index (χ1n) is 10.3. The van der Waals surface area contributed by atoms with Crippen LogP contribution in [0.15, 0.2) is 55.2 Å². The Hall–Kier alpha value is -4.10. The van der Waals surface area contributed by atoms with Crippen molar-refractivity contribution in [2.75, 3.05) is 5.32 Å². The minimum absolute atomic E-state index is 0.0296. The molecule has 5 aromatic rings. The van der Waals surface area contributed by atoms with E-state index in [1.54, 1.807) is 6.92 Å². The summed E-state index contributed by atoms with van der Waals surface area (Å²) in [5, 5.41) is 25.4. The van der Waals surface area contributed by atoms with Crippen LogP contribution in [0, 0.1) is 12.7 Å². The maximum absolute atomic E-state index is 14.2. The molecule has 1 aromatic carbocycles. The van der Waals surface area contributed by atoms with E-state index in [-0.39, 0.29) is 33.0 Å². The Bertz CT molecular complexity index is 1570. The molecule has 0 radical (unpaired) electrons. The van der Waals surface area contributed by atoms with Crippen LogP contribution in [0.25, 0.3) is 22.3 Å². The van der Waals surface area contributed by atoms with Gasteiger partial charge in [0.15, 0.2) is 17.7 Å². The Morgan fingerprint density at radius 3 is 2.53 bits per heavy atom. The number of benzene rings is 1. The molecule has 1 unspecified atom stereocenters. The fourth-order valence-corrected chi connectivity index (χ4v) is 3.97. The maximum atomic E-state index is 14.2. The van der Waals surface area contributed by atoms with Gasteiger partial charge in [-0.15, -0.1) is 4.80 Å². The van der Waals surface area contributed by atoms with E-state index >= 15 is 0 Å². The van der Waals surface area contributed by atoms with Gasteiger partial charge in [0.1, 0.15) is 5.82 Å². The van der Waals surface area contributed by atoms with E-state index in [1.165, 1.54) is 47.7 Å². The quantitative estimate of drug-likeness (QED) is 0.258. The summed E-state index contributed by atoms with van der Waals surface area (Å²) >= 11 is 6.26. The molecule has 0 fully saturated rings. The first kappa shape index (κ1) is 23.6. The zero-order chi connectivity index (χ0) is 25.6. The van der Waals surface area contributed by atoms with Crippen LogP contribution >= 0.6 is 11.6 Å². The van der Waals surface area contributed by atoms with E-state index in [0.29, 0.717) is 10.4 Å². The van der Waals surface area contributed by atoms with Crippen molar-refractivity contribution in [1.29, 1.82) is 0 Å². The molecule has 4 aromatic heterocycles. The summed E-state index contributed by atoms with van der Waals surface area (Å²) in [5.74, 6) is -0.434. The van der Waals surface area contributed by atoms with Crippen molar-refractivity contribution < 1.29 is 22.7 Å². The second-order valence-electron chi connectivity index (χ2n) is 7.64. The number of pyridine rings is 2. The van der Waals surface area contributed by atoms with Crippen LogP contribution in [0.2, 0.25) is 5.02 Å². The first-order valence-corrected chi connectivity index (χ1v) is 10.7. The number of rotatable bonds is 5. The molecule has 0 aliphatic carbocycles. The number of hydrogen-bond acceptors (Lipinski definition) is 7. The molecule has 0 aliphatic rings. The number of aromatic nitrogens is 7. The van der Waals surface area contributed by atoms with Crippen molar-refractivity contribution in [2.45, 2.75) is 19.3 Å². The highest BCUT2D eigenvalue weighted by Gasteiger charge is 2.41. The summed E-state index contributed by atoms with van der Waals surface area (Å²) in [7, 11) is 0. The van der Waals surface area contributed by atoms with Gasteiger partial charge in [-0.25, -0.2) is 14.1 Å². The van der Waals surface area contributed by atoms with E-state index in [2.05, 4.69) is 30.6 Å². The number of halogens is 5. The van der Waals surface area contributed by atoms with E-state index in [1.807, 2.05) is 0 Å². The number of alkyl halides is 3. The average molecular weight is 519 g/mol. The molecule has 184 valence electrons. The third-order valence-electron chi connectivity index (χ3n) is 5.37. The molecule has 0 saturated heterocycles. The lowest BCUT2D eigenvalue weighted by atomic mass is 10.1. The SMILES string of the molecule is Cc1nc(-n2nccn2)c(Cl)cc1NC(O)c1cnn(-c2cncc3c(F)cccc23)c1C(F)(F)F. The van der Waals surface area contributed by atoms with Crippen LogP contribution in [0.1, 0.15) is 23.2 Å². The molecular formula is C22H15ClF4N8O. The molecule has 0 aliphatic heterocycles. The largest absolute Gasteiger partial charge is 0.433 e. The lowest BCUT2D eigenvalue weighted by Gasteiger charge is -2.19. The topological polar surface area (TPSA) is 107 Å². The average Bonchev–Trinajstić information content (AvgIpc) is 3.51. The Morgan fingerprint density at radius 2 is 1.81 bits per heavy atom. The number of aryl methyl sites for hydroxylation is 1. The van der Waals surface area contributed by atoms with Crippen molar-refractivity contribution in [2.24, 2.45) is 0 Å². The highest BCUT2D eigenvalue weighted by molar-refractivity contribution is 6.32. The maximum Gasteiger partial charge on any atom is 0.433 e. The molecule has 2 N–H and O–H groups in total. The molecule has 0 amide bonds. The summed E-state index contributed by atoms with van der Waals surface area (Å²) in [4.78, 5) is 9.32. The highest BCUT2D eigenvalue weighted by Crippen LogP contribution is 2.38. The molecule has 0 spiro atoms. The van der Waals surface area contributed by atoms with Crippen molar-refractivity contribution in [3.63, 3.8) is 0 Å². The number of fused-ring (bicyclic) bond motifs is 1. The summed E-state index contributed by atoms with van der Waals surface area (Å²) < 4.78 is 57.4. The molecule has 9 nitrogen and oxygen atoms in total. The van der Waals surface area contributed by atoms with Crippen LogP contribution in [0.4, 0.5) is 23.2 Å². The molecule has 14 heteroatoms. The summed E-state index contributed by atoms with van der Waals surface area (Å²) in [6.07, 6.45) is -0.678. The number of anilines is 1. The standard InChI is InChI=1S/C22H15ClF4N8O/c1-11-17(7-15(23)20(32-11)35-29-5-6-30-35)33-21(36)14-9-31-34(19(14)22(25,26)27)18-10-28-8-13-12(18)3-2-4-16(13)24/h2-10,21,33,36H,1H3. The monoisotopic (exact) mass is 518 g/mol. The van der Waals surface area contributed by atoms with Gasteiger partial charge < -0.3 is 10.4 Å². The van der Waals surface area contributed by atoms with Crippen molar-refractivity contribution in [3.8, 4) is 11.5 Å². The zero-order valence-electron chi connectivity index (χ0n) is 18.2. The van der Waals surface area contributed by atoms with E-state index in [4.69, 9.17) is 11.6 Å². The normalized spacial score (nSPS) is 12.8. The fraction of sp³-hybridized carbons (Fsp3) is 0.136. The van der Waals surface area contributed by atoms with E-state index in [0.717, 1.165) is 12.4 Å². The predicted octanol–water partition coefficient (Wildman–Crippen LogP) is 4.62.